The zero-order chi connectivity index (χ0) is 12.6. The summed E-state index contributed by atoms with van der Waals surface area (Å²) < 4.78 is 0. The molecule has 2 rings (SSSR count). The van der Waals surface area contributed by atoms with Gasteiger partial charge in [0.25, 0.3) is 0 Å². The summed E-state index contributed by atoms with van der Waals surface area (Å²) in [6, 6.07) is -1.19. The number of hydrogen-bond donors (Lipinski definition) is 3. The molecular weight excluding hydrogens is 224 g/mol. The van der Waals surface area contributed by atoms with Gasteiger partial charge in [-0.15, -0.1) is 0 Å². The first-order valence-electron chi connectivity index (χ1n) is 5.82. The molecule has 2 fully saturated rings. The van der Waals surface area contributed by atoms with Crippen molar-refractivity contribution >= 4 is 17.8 Å². The summed E-state index contributed by atoms with van der Waals surface area (Å²) in [5.74, 6) is -1.38. The average molecular weight is 240 g/mol. The van der Waals surface area contributed by atoms with Gasteiger partial charge in [-0.05, 0) is 24.7 Å². The Kier molecular flexibility index (Phi) is 3.04. The van der Waals surface area contributed by atoms with Crippen LogP contribution in [0.2, 0.25) is 0 Å². The lowest BCUT2D eigenvalue weighted by atomic mass is 10.1. The Hall–Kier alpha value is -1.59. The van der Waals surface area contributed by atoms with Crippen molar-refractivity contribution in [2.24, 2.45) is 23.5 Å². The Morgan fingerprint density at radius 3 is 2.35 bits per heavy atom. The first-order chi connectivity index (χ1) is 8.00. The number of carboxylic acid groups (broad SMARTS) is 1. The lowest BCUT2D eigenvalue weighted by molar-refractivity contribution is -0.143. The summed E-state index contributed by atoms with van der Waals surface area (Å²) in [5.41, 5.74) is 4.94. The molecule has 0 aliphatic heterocycles. The molecule has 2 aliphatic rings. The van der Waals surface area contributed by atoms with E-state index in [1.54, 1.807) is 0 Å². The zero-order valence-electron chi connectivity index (χ0n) is 9.39. The molecule has 0 bridgehead atoms. The number of aliphatic carboxylic acids is 1. The van der Waals surface area contributed by atoms with E-state index in [9.17, 15) is 14.4 Å². The van der Waals surface area contributed by atoms with Crippen LogP contribution in [-0.2, 0) is 14.4 Å². The van der Waals surface area contributed by atoms with Gasteiger partial charge in [0.2, 0.25) is 11.8 Å². The summed E-state index contributed by atoms with van der Waals surface area (Å²) in [7, 11) is 0. The SMILES string of the molecule is NC(=O)C[C@@H](NC(=O)C1C2CCCC21)C(=O)O. The smallest absolute Gasteiger partial charge is 0.326 e. The monoisotopic (exact) mass is 240 g/mol. The molecule has 4 N–H and O–H groups in total. The Bertz CT molecular complexity index is 358. The molecule has 0 aromatic heterocycles. The van der Waals surface area contributed by atoms with Gasteiger partial charge in [-0.1, -0.05) is 6.42 Å². The number of rotatable bonds is 5. The van der Waals surface area contributed by atoms with Crippen LogP contribution >= 0.6 is 0 Å². The third-order valence-corrected chi connectivity index (χ3v) is 3.73. The van der Waals surface area contributed by atoms with Crippen molar-refractivity contribution in [1.29, 1.82) is 0 Å². The summed E-state index contributed by atoms with van der Waals surface area (Å²) in [5, 5.41) is 11.3. The molecule has 0 radical (unpaired) electrons. The minimum Gasteiger partial charge on any atom is -0.480 e. The van der Waals surface area contributed by atoms with Crippen LogP contribution in [0.25, 0.3) is 0 Å². The highest BCUT2D eigenvalue weighted by molar-refractivity contribution is 5.90. The van der Waals surface area contributed by atoms with Crippen LogP contribution in [0.1, 0.15) is 25.7 Å². The minimum absolute atomic E-state index is 0.0431. The second kappa shape index (κ2) is 4.35. The molecule has 0 saturated heterocycles. The van der Waals surface area contributed by atoms with Crippen LogP contribution in [0.4, 0.5) is 0 Å². The van der Waals surface area contributed by atoms with Crippen LogP contribution < -0.4 is 11.1 Å². The van der Waals surface area contributed by atoms with E-state index in [2.05, 4.69) is 5.32 Å². The van der Waals surface area contributed by atoms with Crippen molar-refractivity contribution < 1.29 is 19.5 Å². The molecule has 6 heteroatoms. The minimum atomic E-state index is -1.22. The number of fused-ring (bicyclic) bond motifs is 1. The van der Waals surface area contributed by atoms with E-state index in [1.807, 2.05) is 0 Å². The first kappa shape index (κ1) is 11.9. The lowest BCUT2D eigenvalue weighted by Gasteiger charge is -2.13. The summed E-state index contributed by atoms with van der Waals surface area (Å²) >= 11 is 0. The summed E-state index contributed by atoms with van der Waals surface area (Å²) in [6.45, 7) is 0. The number of carbonyl (C=O) groups excluding carboxylic acids is 2. The maximum absolute atomic E-state index is 11.8. The largest absolute Gasteiger partial charge is 0.480 e. The number of nitrogens with one attached hydrogen (secondary N) is 1. The van der Waals surface area contributed by atoms with E-state index in [0.717, 1.165) is 19.3 Å². The van der Waals surface area contributed by atoms with Crippen LogP contribution in [-0.4, -0.2) is 28.9 Å². The van der Waals surface area contributed by atoms with Crippen molar-refractivity contribution in [3.05, 3.63) is 0 Å². The molecule has 0 aromatic carbocycles. The van der Waals surface area contributed by atoms with Crippen molar-refractivity contribution in [2.75, 3.05) is 0 Å². The van der Waals surface area contributed by atoms with Crippen LogP contribution in [0.5, 0.6) is 0 Å². The van der Waals surface area contributed by atoms with Gasteiger partial charge in [0.05, 0.1) is 6.42 Å². The second-order valence-electron chi connectivity index (χ2n) is 4.85. The summed E-state index contributed by atoms with van der Waals surface area (Å²) in [6.07, 6.45) is 2.90. The number of primary amides is 1. The van der Waals surface area contributed by atoms with Crippen LogP contribution in [0, 0.1) is 17.8 Å². The third-order valence-electron chi connectivity index (χ3n) is 3.73. The fourth-order valence-electron chi connectivity index (χ4n) is 2.88. The van der Waals surface area contributed by atoms with Crippen molar-refractivity contribution in [3.63, 3.8) is 0 Å². The molecule has 2 aliphatic carbocycles. The molecule has 0 spiro atoms. The van der Waals surface area contributed by atoms with E-state index in [-0.39, 0.29) is 18.2 Å². The molecule has 0 heterocycles. The van der Waals surface area contributed by atoms with Crippen molar-refractivity contribution in [1.82, 2.24) is 5.32 Å². The maximum Gasteiger partial charge on any atom is 0.326 e. The van der Waals surface area contributed by atoms with Gasteiger partial charge >= 0.3 is 5.97 Å². The third kappa shape index (κ3) is 2.40. The summed E-state index contributed by atoms with van der Waals surface area (Å²) in [4.78, 5) is 33.3. The molecule has 2 saturated carbocycles. The van der Waals surface area contributed by atoms with E-state index in [4.69, 9.17) is 10.8 Å². The second-order valence-corrected chi connectivity index (χ2v) is 4.85. The zero-order valence-corrected chi connectivity index (χ0v) is 9.39. The molecule has 0 aromatic rings. The lowest BCUT2D eigenvalue weighted by Crippen LogP contribution is -2.44. The van der Waals surface area contributed by atoms with Gasteiger partial charge in [0.15, 0.2) is 0 Å². The van der Waals surface area contributed by atoms with E-state index < -0.39 is 17.9 Å². The van der Waals surface area contributed by atoms with Gasteiger partial charge < -0.3 is 16.2 Å². The van der Waals surface area contributed by atoms with Gasteiger partial charge in [-0.2, -0.15) is 0 Å². The number of carboxylic acids is 1. The Labute approximate surface area is 98.5 Å². The Balaban J connectivity index is 1.88. The molecule has 94 valence electrons. The number of carbonyl (C=O) groups is 3. The maximum atomic E-state index is 11.8. The van der Waals surface area contributed by atoms with Gasteiger partial charge in [-0.3, -0.25) is 9.59 Å². The Morgan fingerprint density at radius 2 is 1.88 bits per heavy atom. The predicted molar refractivity (Wildman–Crippen MR) is 57.7 cm³/mol. The molecule has 6 nitrogen and oxygen atoms in total. The molecule has 2 unspecified atom stereocenters. The van der Waals surface area contributed by atoms with E-state index >= 15 is 0 Å². The highest BCUT2D eigenvalue weighted by atomic mass is 16.4. The van der Waals surface area contributed by atoms with Gasteiger partial charge in [0.1, 0.15) is 6.04 Å². The Morgan fingerprint density at radius 1 is 1.29 bits per heavy atom. The van der Waals surface area contributed by atoms with Gasteiger partial charge in [-0.25, -0.2) is 4.79 Å². The highest BCUT2D eigenvalue weighted by Crippen LogP contribution is 2.57. The van der Waals surface area contributed by atoms with Crippen LogP contribution in [0.15, 0.2) is 0 Å². The molecule has 3 atom stereocenters. The number of nitrogens with two attached hydrogens (primary N) is 1. The van der Waals surface area contributed by atoms with Crippen molar-refractivity contribution in [2.45, 2.75) is 31.7 Å². The normalized spacial score (nSPS) is 31.4. The standard InChI is InChI=1S/C11H16N2O4/c12-8(14)4-7(11(16)17)13-10(15)9-5-2-1-3-6(5)9/h5-7,9H,1-4H2,(H2,12,14)(H,13,15)(H,16,17)/t5?,6?,7-,9?/m1/s1. The predicted octanol–water partition coefficient (Wildman–Crippen LogP) is -0.523. The fraction of sp³-hybridized carbons (Fsp3) is 0.727. The highest BCUT2D eigenvalue weighted by Gasteiger charge is 2.56. The van der Waals surface area contributed by atoms with Gasteiger partial charge in [0, 0.05) is 5.92 Å². The van der Waals surface area contributed by atoms with E-state index in [0.29, 0.717) is 11.8 Å². The molecule has 2 amide bonds. The fourth-order valence-corrected chi connectivity index (χ4v) is 2.88. The molecule has 17 heavy (non-hydrogen) atoms. The molecular formula is C11H16N2O4. The van der Waals surface area contributed by atoms with E-state index in [1.165, 1.54) is 0 Å². The first-order valence-corrected chi connectivity index (χ1v) is 5.82. The number of amides is 2. The topological polar surface area (TPSA) is 109 Å². The van der Waals surface area contributed by atoms with Crippen LogP contribution in [0.3, 0.4) is 0 Å². The van der Waals surface area contributed by atoms with Crippen molar-refractivity contribution in [3.8, 4) is 0 Å². The average Bonchev–Trinajstić information content (AvgIpc) is 2.71. The quantitative estimate of drug-likeness (QED) is 0.600. The number of hydrogen-bond acceptors (Lipinski definition) is 3.